The molecule has 2 heterocycles. The maximum Gasteiger partial charge on any atom is 0.318 e. The molecule has 2 N–H and O–H groups in total. The predicted molar refractivity (Wildman–Crippen MR) is 82.6 cm³/mol. The van der Waals surface area contributed by atoms with Gasteiger partial charge in [0.15, 0.2) is 0 Å². The molecule has 2 rings (SSSR count). The van der Waals surface area contributed by atoms with E-state index >= 15 is 0 Å². The minimum atomic E-state index is -0.462. The molecule has 0 aromatic carbocycles. The number of aliphatic hydroxyl groups excluding tert-OH is 1. The van der Waals surface area contributed by atoms with Crippen molar-refractivity contribution in [3.8, 4) is 0 Å². The Morgan fingerprint density at radius 1 is 1.59 bits per heavy atom. The van der Waals surface area contributed by atoms with Crippen molar-refractivity contribution in [1.82, 2.24) is 10.2 Å². The van der Waals surface area contributed by atoms with Crippen molar-refractivity contribution in [2.75, 3.05) is 26.8 Å². The summed E-state index contributed by atoms with van der Waals surface area (Å²) in [4.78, 5) is 14.0. The SMILES string of the molecule is CCc1ccc(C(COC)NC(=O)N2CCC(C)C(O)C2)o1. The minimum Gasteiger partial charge on any atom is -0.464 e. The predicted octanol–water partition coefficient (Wildman–Crippen LogP) is 1.94. The quantitative estimate of drug-likeness (QED) is 0.871. The maximum atomic E-state index is 12.4. The zero-order valence-electron chi connectivity index (χ0n) is 13.5. The molecular formula is C16H26N2O4. The number of hydrogen-bond donors (Lipinski definition) is 2. The summed E-state index contributed by atoms with van der Waals surface area (Å²) in [5.74, 6) is 1.81. The van der Waals surface area contributed by atoms with Crippen LogP contribution in [0.4, 0.5) is 4.79 Å². The van der Waals surface area contributed by atoms with Crippen molar-refractivity contribution in [2.45, 2.75) is 38.8 Å². The Morgan fingerprint density at radius 2 is 2.36 bits per heavy atom. The Kier molecular flexibility index (Phi) is 5.85. The fraction of sp³-hybridized carbons (Fsp3) is 0.688. The van der Waals surface area contributed by atoms with Gasteiger partial charge in [0.05, 0.1) is 12.7 Å². The molecule has 0 aliphatic carbocycles. The van der Waals surface area contributed by atoms with Gasteiger partial charge in [0.1, 0.15) is 17.6 Å². The van der Waals surface area contributed by atoms with Crippen molar-refractivity contribution in [1.29, 1.82) is 0 Å². The van der Waals surface area contributed by atoms with E-state index in [2.05, 4.69) is 5.32 Å². The molecule has 2 amide bonds. The van der Waals surface area contributed by atoms with Crippen LogP contribution in [-0.2, 0) is 11.2 Å². The lowest BCUT2D eigenvalue weighted by molar-refractivity contribution is 0.0417. The van der Waals surface area contributed by atoms with Gasteiger partial charge in [-0.05, 0) is 24.5 Å². The van der Waals surface area contributed by atoms with Gasteiger partial charge < -0.3 is 24.5 Å². The van der Waals surface area contributed by atoms with Crippen LogP contribution in [-0.4, -0.2) is 48.9 Å². The van der Waals surface area contributed by atoms with Gasteiger partial charge in [-0.2, -0.15) is 0 Å². The summed E-state index contributed by atoms with van der Waals surface area (Å²) in [6.07, 6.45) is 1.16. The highest BCUT2D eigenvalue weighted by Gasteiger charge is 2.29. The lowest BCUT2D eigenvalue weighted by Gasteiger charge is -2.35. The van der Waals surface area contributed by atoms with Gasteiger partial charge in [-0.25, -0.2) is 4.79 Å². The number of rotatable bonds is 5. The van der Waals surface area contributed by atoms with Crippen molar-refractivity contribution in [3.63, 3.8) is 0 Å². The number of nitrogens with zero attached hydrogens (tertiary/aromatic N) is 1. The van der Waals surface area contributed by atoms with E-state index < -0.39 is 6.10 Å². The fourth-order valence-electron chi connectivity index (χ4n) is 2.61. The number of aryl methyl sites for hydroxylation is 1. The van der Waals surface area contributed by atoms with Gasteiger partial charge >= 0.3 is 6.03 Å². The van der Waals surface area contributed by atoms with Crippen LogP contribution in [0, 0.1) is 5.92 Å². The van der Waals surface area contributed by atoms with Crippen molar-refractivity contribution >= 4 is 6.03 Å². The summed E-state index contributed by atoms with van der Waals surface area (Å²) < 4.78 is 10.9. The second kappa shape index (κ2) is 7.65. The van der Waals surface area contributed by atoms with Crippen LogP contribution in [0.15, 0.2) is 16.5 Å². The fourth-order valence-corrected chi connectivity index (χ4v) is 2.61. The molecule has 0 bridgehead atoms. The van der Waals surface area contributed by atoms with Crippen LogP contribution < -0.4 is 5.32 Å². The van der Waals surface area contributed by atoms with Crippen LogP contribution in [0.1, 0.15) is 37.8 Å². The number of piperidine rings is 1. The van der Waals surface area contributed by atoms with E-state index in [4.69, 9.17) is 9.15 Å². The monoisotopic (exact) mass is 310 g/mol. The second-order valence-electron chi connectivity index (χ2n) is 5.89. The number of aliphatic hydroxyl groups is 1. The Labute approximate surface area is 131 Å². The van der Waals surface area contributed by atoms with Crippen LogP contribution in [0.5, 0.6) is 0 Å². The standard InChI is InChI=1S/C16H26N2O4/c1-4-12-5-6-15(22-12)13(10-21-3)17-16(20)18-8-7-11(2)14(19)9-18/h5-6,11,13-14,19H,4,7-10H2,1-3H3,(H,17,20). The Bertz CT molecular complexity index is 488. The highest BCUT2D eigenvalue weighted by atomic mass is 16.5. The van der Waals surface area contributed by atoms with Crippen LogP contribution >= 0.6 is 0 Å². The van der Waals surface area contributed by atoms with Crippen LogP contribution in [0.3, 0.4) is 0 Å². The average Bonchev–Trinajstić information content (AvgIpc) is 2.98. The number of nitrogens with one attached hydrogen (secondary N) is 1. The number of urea groups is 1. The number of carbonyl (C=O) groups is 1. The number of amides is 2. The third-order valence-corrected chi connectivity index (χ3v) is 4.21. The minimum absolute atomic E-state index is 0.192. The number of furan rings is 1. The molecule has 22 heavy (non-hydrogen) atoms. The zero-order valence-corrected chi connectivity index (χ0v) is 13.5. The molecule has 1 aromatic heterocycles. The van der Waals surface area contributed by atoms with Crippen molar-refractivity contribution < 1.29 is 19.1 Å². The highest BCUT2D eigenvalue weighted by Crippen LogP contribution is 2.20. The molecule has 1 aliphatic heterocycles. The molecule has 1 fully saturated rings. The Balaban J connectivity index is 1.99. The van der Waals surface area contributed by atoms with Gasteiger partial charge in [0.25, 0.3) is 0 Å². The molecule has 1 aliphatic rings. The molecule has 6 nitrogen and oxygen atoms in total. The highest BCUT2D eigenvalue weighted by molar-refractivity contribution is 5.74. The van der Waals surface area contributed by atoms with E-state index in [1.165, 1.54) is 0 Å². The third-order valence-electron chi connectivity index (χ3n) is 4.21. The molecular weight excluding hydrogens is 284 g/mol. The van der Waals surface area contributed by atoms with Gasteiger partial charge in [-0.3, -0.25) is 0 Å². The van der Waals surface area contributed by atoms with Gasteiger partial charge in [-0.1, -0.05) is 13.8 Å². The first-order valence-electron chi connectivity index (χ1n) is 7.86. The van der Waals surface area contributed by atoms with E-state index in [1.54, 1.807) is 12.0 Å². The molecule has 6 heteroatoms. The molecule has 1 saturated heterocycles. The van der Waals surface area contributed by atoms with Gasteiger partial charge in [0, 0.05) is 26.6 Å². The normalized spacial score (nSPS) is 23.4. The number of carbonyl (C=O) groups excluding carboxylic acids is 1. The average molecular weight is 310 g/mol. The summed E-state index contributed by atoms with van der Waals surface area (Å²) in [6, 6.07) is 3.27. The zero-order chi connectivity index (χ0) is 16.1. The summed E-state index contributed by atoms with van der Waals surface area (Å²) in [6.45, 7) is 5.38. The summed E-state index contributed by atoms with van der Waals surface area (Å²) in [5, 5.41) is 12.9. The Morgan fingerprint density at radius 3 is 2.95 bits per heavy atom. The lowest BCUT2D eigenvalue weighted by atomic mass is 9.96. The van der Waals surface area contributed by atoms with Crippen molar-refractivity contribution in [3.05, 3.63) is 23.7 Å². The molecule has 3 unspecified atom stereocenters. The molecule has 0 saturated carbocycles. The molecule has 1 aromatic rings. The first kappa shape index (κ1) is 16.8. The smallest absolute Gasteiger partial charge is 0.318 e. The summed E-state index contributed by atoms with van der Waals surface area (Å²) in [5.41, 5.74) is 0. The maximum absolute atomic E-state index is 12.4. The van der Waals surface area contributed by atoms with Crippen LogP contribution in [0.25, 0.3) is 0 Å². The number of β-amino-alcohol motifs (C(OH)–C–C–N with tert-alkyl or cyclic N) is 1. The molecule has 3 atom stereocenters. The van der Waals surface area contributed by atoms with E-state index in [1.807, 2.05) is 26.0 Å². The number of ether oxygens (including phenoxy) is 1. The molecule has 124 valence electrons. The largest absolute Gasteiger partial charge is 0.464 e. The molecule has 0 radical (unpaired) electrons. The van der Waals surface area contributed by atoms with Gasteiger partial charge in [0.2, 0.25) is 0 Å². The van der Waals surface area contributed by atoms with E-state index in [-0.39, 0.29) is 18.0 Å². The van der Waals surface area contributed by atoms with E-state index in [0.717, 1.165) is 18.6 Å². The van der Waals surface area contributed by atoms with Crippen molar-refractivity contribution in [2.24, 2.45) is 5.92 Å². The summed E-state index contributed by atoms with van der Waals surface area (Å²) >= 11 is 0. The Hall–Kier alpha value is -1.53. The van der Waals surface area contributed by atoms with E-state index in [0.29, 0.717) is 25.5 Å². The first-order valence-corrected chi connectivity index (χ1v) is 7.86. The third kappa shape index (κ3) is 4.01. The number of likely N-dealkylation sites (tertiary alicyclic amines) is 1. The lowest BCUT2D eigenvalue weighted by Crippen LogP contribution is -2.50. The summed E-state index contributed by atoms with van der Waals surface area (Å²) in [7, 11) is 1.59. The van der Waals surface area contributed by atoms with Gasteiger partial charge in [-0.15, -0.1) is 0 Å². The molecule has 0 spiro atoms. The topological polar surface area (TPSA) is 74.9 Å². The number of methoxy groups -OCH3 is 1. The number of hydrogen-bond acceptors (Lipinski definition) is 4. The van der Waals surface area contributed by atoms with E-state index in [9.17, 15) is 9.90 Å². The first-order chi connectivity index (χ1) is 10.5. The van der Waals surface area contributed by atoms with Crippen LogP contribution in [0.2, 0.25) is 0 Å². The second-order valence-corrected chi connectivity index (χ2v) is 5.89.